The quantitative estimate of drug-likeness (QED) is 0.256. The maximum Gasteiger partial charge on any atom is 0.417 e. The number of hydrogen-bond acceptors (Lipinski definition) is 5. The highest BCUT2D eigenvalue weighted by Gasteiger charge is 2.36. The van der Waals surface area contributed by atoms with Crippen molar-refractivity contribution in [2.45, 2.75) is 57.7 Å². The maximum absolute atomic E-state index is 13.9. The van der Waals surface area contributed by atoms with Gasteiger partial charge in [0, 0.05) is 28.7 Å². The van der Waals surface area contributed by atoms with Gasteiger partial charge in [-0.05, 0) is 55.7 Å². The lowest BCUT2D eigenvalue weighted by molar-refractivity contribution is -0.138. The van der Waals surface area contributed by atoms with Crippen molar-refractivity contribution in [1.82, 2.24) is 9.55 Å². The molecule has 0 unspecified atom stereocenters. The summed E-state index contributed by atoms with van der Waals surface area (Å²) >= 11 is 1.40. The standard InChI is InChI=1S/C29H28F3N3O3S/c1-18-22(17-26(36)35(28-33-14-15-39-28)19-8-4-3-5-9-19)23-16-20(38-2)12-13-25(23)34(18)27(37)21-10-6-7-11-24(21)29(30,31)32/h6-7,10-16,19H,3-5,8-9,17H2,1-2H3. The van der Waals surface area contributed by atoms with Crippen LogP contribution in [0.4, 0.5) is 18.3 Å². The summed E-state index contributed by atoms with van der Waals surface area (Å²) in [5.74, 6) is -0.455. The molecule has 2 heterocycles. The average Bonchev–Trinajstić information content (AvgIpc) is 3.55. The van der Waals surface area contributed by atoms with Gasteiger partial charge in [0.05, 0.1) is 30.2 Å². The number of fused-ring (bicyclic) bond motifs is 1. The van der Waals surface area contributed by atoms with Crippen LogP contribution in [0.1, 0.15) is 59.3 Å². The van der Waals surface area contributed by atoms with Crippen LogP contribution in [-0.4, -0.2) is 34.5 Å². The summed E-state index contributed by atoms with van der Waals surface area (Å²) in [7, 11) is 1.51. The van der Waals surface area contributed by atoms with Crippen molar-refractivity contribution in [1.29, 1.82) is 0 Å². The van der Waals surface area contributed by atoms with Crippen molar-refractivity contribution >= 4 is 39.2 Å². The fourth-order valence-electron chi connectivity index (χ4n) is 5.49. The zero-order valence-corrected chi connectivity index (χ0v) is 22.4. The lowest BCUT2D eigenvalue weighted by Gasteiger charge is -2.32. The zero-order valence-electron chi connectivity index (χ0n) is 21.6. The van der Waals surface area contributed by atoms with Crippen LogP contribution in [0, 0.1) is 6.92 Å². The second-order valence-electron chi connectivity index (χ2n) is 9.68. The number of hydrogen-bond donors (Lipinski definition) is 0. The number of benzene rings is 2. The van der Waals surface area contributed by atoms with Crippen molar-refractivity contribution in [3.8, 4) is 5.75 Å². The highest BCUT2D eigenvalue weighted by atomic mass is 32.1. The van der Waals surface area contributed by atoms with E-state index in [1.807, 2.05) is 5.38 Å². The highest BCUT2D eigenvalue weighted by molar-refractivity contribution is 7.13. The normalized spacial score (nSPS) is 14.5. The van der Waals surface area contributed by atoms with Crippen molar-refractivity contribution in [2.24, 2.45) is 0 Å². The number of rotatable bonds is 6. The first-order valence-corrected chi connectivity index (χ1v) is 13.7. The number of anilines is 1. The molecule has 1 saturated carbocycles. The van der Waals surface area contributed by atoms with Crippen LogP contribution in [0.25, 0.3) is 10.9 Å². The van der Waals surface area contributed by atoms with E-state index in [1.54, 1.807) is 36.2 Å². The summed E-state index contributed by atoms with van der Waals surface area (Å²) in [6, 6.07) is 9.79. The van der Waals surface area contributed by atoms with Gasteiger partial charge in [0.25, 0.3) is 5.91 Å². The van der Waals surface area contributed by atoms with Crippen molar-refractivity contribution in [3.05, 3.63) is 76.4 Å². The summed E-state index contributed by atoms with van der Waals surface area (Å²) in [5, 5.41) is 3.04. The minimum Gasteiger partial charge on any atom is -0.497 e. The molecule has 1 amide bonds. The van der Waals surface area contributed by atoms with Crippen LogP contribution in [0.5, 0.6) is 5.75 Å². The van der Waals surface area contributed by atoms with Gasteiger partial charge in [0.15, 0.2) is 5.13 Å². The van der Waals surface area contributed by atoms with E-state index in [0.29, 0.717) is 33.0 Å². The molecular formula is C29H28F3N3O3S. The van der Waals surface area contributed by atoms with E-state index in [4.69, 9.17) is 4.74 Å². The topological polar surface area (TPSA) is 64.4 Å². The molecule has 0 saturated heterocycles. The molecular weight excluding hydrogens is 527 g/mol. The van der Waals surface area contributed by atoms with Crippen molar-refractivity contribution < 1.29 is 27.5 Å². The van der Waals surface area contributed by atoms with E-state index in [-0.39, 0.29) is 18.4 Å². The number of methoxy groups -OCH3 is 1. The average molecular weight is 556 g/mol. The van der Waals surface area contributed by atoms with Gasteiger partial charge >= 0.3 is 6.18 Å². The number of nitrogens with zero attached hydrogens (tertiary/aromatic N) is 3. The largest absolute Gasteiger partial charge is 0.497 e. The second-order valence-corrected chi connectivity index (χ2v) is 10.6. The van der Waals surface area contributed by atoms with Crippen LogP contribution >= 0.6 is 11.3 Å². The first-order chi connectivity index (χ1) is 18.7. The molecule has 0 atom stereocenters. The predicted molar refractivity (Wildman–Crippen MR) is 145 cm³/mol. The molecule has 0 N–H and O–H groups in total. The monoisotopic (exact) mass is 555 g/mol. The lowest BCUT2D eigenvalue weighted by Crippen LogP contribution is -2.42. The second kappa shape index (κ2) is 10.8. The van der Waals surface area contributed by atoms with Crippen LogP contribution in [0.2, 0.25) is 0 Å². The van der Waals surface area contributed by atoms with E-state index in [1.165, 1.54) is 41.2 Å². The number of thiazole rings is 1. The van der Waals surface area contributed by atoms with Gasteiger partial charge in [-0.2, -0.15) is 13.2 Å². The highest BCUT2D eigenvalue weighted by Crippen LogP contribution is 2.36. The van der Waals surface area contributed by atoms with Gasteiger partial charge in [-0.15, -0.1) is 11.3 Å². The molecule has 6 nitrogen and oxygen atoms in total. The molecule has 39 heavy (non-hydrogen) atoms. The molecule has 5 rings (SSSR count). The number of ether oxygens (including phenoxy) is 1. The van der Waals surface area contributed by atoms with E-state index in [0.717, 1.165) is 38.2 Å². The van der Waals surface area contributed by atoms with Gasteiger partial charge in [-0.3, -0.25) is 19.1 Å². The third kappa shape index (κ3) is 5.17. The summed E-state index contributed by atoms with van der Waals surface area (Å²) < 4.78 is 48.0. The molecule has 10 heteroatoms. The summed E-state index contributed by atoms with van der Waals surface area (Å²) in [6.07, 6.45) is 1.89. The Labute approximate surface area is 228 Å². The Bertz CT molecular complexity index is 1510. The molecule has 0 aliphatic heterocycles. The van der Waals surface area contributed by atoms with Gasteiger partial charge < -0.3 is 4.74 Å². The SMILES string of the molecule is COc1ccc2c(c1)c(CC(=O)N(c1nccs1)C1CCCCC1)c(C)n2C(=O)c1ccccc1C(F)(F)F. The number of carbonyl (C=O) groups excluding carboxylic acids is 2. The maximum atomic E-state index is 13.9. The summed E-state index contributed by atoms with van der Waals surface area (Å²) in [6.45, 7) is 1.66. The number of amides is 1. The number of carbonyl (C=O) groups is 2. The van der Waals surface area contributed by atoms with Crippen LogP contribution in [0.3, 0.4) is 0 Å². The number of halogens is 3. The summed E-state index contributed by atoms with van der Waals surface area (Å²) in [4.78, 5) is 33.8. The molecule has 0 radical (unpaired) electrons. The van der Waals surface area contributed by atoms with Crippen LogP contribution in [-0.2, 0) is 17.4 Å². The Hall–Kier alpha value is -3.66. The van der Waals surface area contributed by atoms with Crippen LogP contribution < -0.4 is 9.64 Å². The molecule has 4 aromatic rings. The van der Waals surface area contributed by atoms with Crippen molar-refractivity contribution in [3.63, 3.8) is 0 Å². The Morgan fingerprint density at radius 3 is 2.54 bits per heavy atom. The molecule has 2 aromatic heterocycles. The third-order valence-electron chi connectivity index (χ3n) is 7.37. The Balaban J connectivity index is 1.61. The minimum absolute atomic E-state index is 0.0286. The lowest BCUT2D eigenvalue weighted by atomic mass is 9.94. The molecule has 0 spiro atoms. The van der Waals surface area contributed by atoms with E-state index in [2.05, 4.69) is 4.98 Å². The Morgan fingerprint density at radius 2 is 1.87 bits per heavy atom. The fourth-order valence-corrected chi connectivity index (χ4v) is 6.22. The van der Waals surface area contributed by atoms with Crippen molar-refractivity contribution in [2.75, 3.05) is 12.0 Å². The van der Waals surface area contributed by atoms with E-state index < -0.39 is 23.2 Å². The van der Waals surface area contributed by atoms with E-state index in [9.17, 15) is 22.8 Å². The third-order valence-corrected chi connectivity index (χ3v) is 8.14. The van der Waals surface area contributed by atoms with Crippen LogP contribution in [0.15, 0.2) is 54.0 Å². The fraction of sp³-hybridized carbons (Fsp3) is 0.345. The summed E-state index contributed by atoms with van der Waals surface area (Å²) in [5.41, 5.74) is -0.0584. The Kier molecular flexibility index (Phi) is 7.48. The first kappa shape index (κ1) is 26.9. The van der Waals surface area contributed by atoms with Gasteiger partial charge in [0.1, 0.15) is 5.75 Å². The van der Waals surface area contributed by atoms with Gasteiger partial charge in [0.2, 0.25) is 5.91 Å². The smallest absolute Gasteiger partial charge is 0.417 e. The van der Waals surface area contributed by atoms with Gasteiger partial charge in [-0.1, -0.05) is 31.4 Å². The number of alkyl halides is 3. The predicted octanol–water partition coefficient (Wildman–Crippen LogP) is 7.03. The van der Waals surface area contributed by atoms with Gasteiger partial charge in [-0.25, -0.2) is 4.98 Å². The first-order valence-electron chi connectivity index (χ1n) is 12.8. The Morgan fingerprint density at radius 1 is 1.13 bits per heavy atom. The molecule has 204 valence electrons. The molecule has 1 aliphatic carbocycles. The number of aromatic nitrogens is 2. The minimum atomic E-state index is -4.70. The molecule has 1 fully saturated rings. The molecule has 1 aliphatic rings. The zero-order chi connectivity index (χ0) is 27.7. The molecule has 2 aromatic carbocycles. The van der Waals surface area contributed by atoms with E-state index >= 15 is 0 Å². The molecule has 0 bridgehead atoms.